The predicted octanol–water partition coefficient (Wildman–Crippen LogP) is 6.32. The number of hydrogen-bond donors (Lipinski definition) is 0. The van der Waals surface area contributed by atoms with Gasteiger partial charge in [-0.2, -0.15) is 0 Å². The predicted molar refractivity (Wildman–Crippen MR) is 129 cm³/mol. The third kappa shape index (κ3) is 5.89. The molecule has 0 saturated heterocycles. The van der Waals surface area contributed by atoms with E-state index in [1.807, 2.05) is 109 Å². The maximum Gasteiger partial charge on any atom is 0.167 e. The van der Waals surface area contributed by atoms with Crippen molar-refractivity contribution in [2.45, 2.75) is 25.7 Å². The quantitative estimate of drug-likeness (QED) is 0.298. The van der Waals surface area contributed by atoms with Crippen LogP contribution in [0.2, 0.25) is 0 Å². The fraction of sp³-hybridized carbons (Fsp3) is 0.133. The van der Waals surface area contributed by atoms with Gasteiger partial charge in [-0.3, -0.25) is 9.59 Å². The Morgan fingerprint density at radius 2 is 0.750 bits per heavy atom. The van der Waals surface area contributed by atoms with Crippen molar-refractivity contribution in [1.29, 1.82) is 0 Å². The molecule has 0 aromatic heterocycles. The maximum absolute atomic E-state index is 12.5. The Kier molecular flexibility index (Phi) is 7.04. The van der Waals surface area contributed by atoms with E-state index in [0.29, 0.717) is 12.8 Å². The van der Waals surface area contributed by atoms with E-state index >= 15 is 0 Å². The molecule has 0 N–H and O–H groups in total. The normalized spacial score (nSPS) is 10.6. The molecule has 0 unspecified atom stereocenters. The number of carbonyl (C=O) groups excluding carboxylic acids is 2. The highest BCUT2D eigenvalue weighted by atomic mass is 16.1. The van der Waals surface area contributed by atoms with Gasteiger partial charge in [0.25, 0.3) is 0 Å². The third-order valence-electron chi connectivity index (χ3n) is 5.67. The highest BCUT2D eigenvalue weighted by Crippen LogP contribution is 2.14. The molecule has 0 spiro atoms. The first-order chi connectivity index (χ1) is 15.7. The topological polar surface area (TPSA) is 34.1 Å². The van der Waals surface area contributed by atoms with E-state index in [1.165, 1.54) is 11.1 Å². The summed E-state index contributed by atoms with van der Waals surface area (Å²) >= 11 is 0. The minimum absolute atomic E-state index is 0.138. The summed E-state index contributed by atoms with van der Waals surface area (Å²) in [7, 11) is 0. The van der Waals surface area contributed by atoms with E-state index in [9.17, 15) is 9.59 Å². The van der Waals surface area contributed by atoms with Crippen molar-refractivity contribution in [3.63, 3.8) is 0 Å². The van der Waals surface area contributed by atoms with Crippen LogP contribution in [-0.2, 0) is 25.7 Å². The maximum atomic E-state index is 12.5. The Hall–Kier alpha value is -3.78. The molecule has 4 aromatic carbocycles. The summed E-state index contributed by atoms with van der Waals surface area (Å²) in [6, 6.07) is 35.5. The Balaban J connectivity index is 1.29. The Labute approximate surface area is 189 Å². The van der Waals surface area contributed by atoms with Crippen LogP contribution in [0.3, 0.4) is 0 Å². The summed E-state index contributed by atoms with van der Waals surface area (Å²) in [6.45, 7) is 0. The molecule has 0 aliphatic rings. The number of Topliss-reactive ketones (excluding diaryl/α,β-unsaturated/α-hetero) is 2. The van der Waals surface area contributed by atoms with E-state index in [2.05, 4.69) is 0 Å². The lowest BCUT2D eigenvalue weighted by Gasteiger charge is -2.06. The molecule has 158 valence electrons. The molecule has 2 nitrogen and oxygen atoms in total. The largest absolute Gasteiger partial charge is 0.294 e. The highest BCUT2D eigenvalue weighted by Gasteiger charge is 2.08. The monoisotopic (exact) mass is 418 g/mol. The fourth-order valence-corrected chi connectivity index (χ4v) is 3.77. The summed E-state index contributed by atoms with van der Waals surface area (Å²) in [5.41, 5.74) is 5.97. The summed E-state index contributed by atoms with van der Waals surface area (Å²) in [4.78, 5) is 25.0. The molecule has 4 rings (SSSR count). The molecule has 0 atom stereocenters. The van der Waals surface area contributed by atoms with Gasteiger partial charge in [0.15, 0.2) is 11.6 Å². The van der Waals surface area contributed by atoms with Gasteiger partial charge in [0.2, 0.25) is 0 Å². The van der Waals surface area contributed by atoms with Crippen LogP contribution < -0.4 is 0 Å². The first-order valence-corrected chi connectivity index (χ1v) is 11.0. The van der Waals surface area contributed by atoms with Gasteiger partial charge in [-0.05, 0) is 35.1 Å². The van der Waals surface area contributed by atoms with Crippen LogP contribution in [0.1, 0.15) is 43.0 Å². The van der Waals surface area contributed by atoms with Gasteiger partial charge in [-0.1, -0.05) is 109 Å². The molecule has 0 bridgehead atoms. The lowest BCUT2D eigenvalue weighted by Crippen LogP contribution is -2.04. The van der Waals surface area contributed by atoms with Crippen molar-refractivity contribution >= 4 is 11.6 Å². The molecule has 0 saturated carbocycles. The van der Waals surface area contributed by atoms with Crippen LogP contribution >= 0.6 is 0 Å². The van der Waals surface area contributed by atoms with E-state index in [4.69, 9.17) is 0 Å². The van der Waals surface area contributed by atoms with Crippen LogP contribution in [-0.4, -0.2) is 11.6 Å². The Morgan fingerprint density at radius 3 is 1.09 bits per heavy atom. The first-order valence-electron chi connectivity index (χ1n) is 11.0. The Morgan fingerprint density at radius 1 is 0.406 bits per heavy atom. The van der Waals surface area contributed by atoms with E-state index in [1.54, 1.807) is 0 Å². The lowest BCUT2D eigenvalue weighted by molar-refractivity contribution is 0.0984. The zero-order valence-corrected chi connectivity index (χ0v) is 18.0. The molecule has 4 aromatic rings. The SMILES string of the molecule is O=C(Cc1ccccc1)c1ccc(CCc2ccc(C(=O)Cc3ccccc3)cc2)cc1. The molecule has 0 fully saturated rings. The van der Waals surface area contributed by atoms with Crippen LogP contribution in [0.25, 0.3) is 0 Å². The number of rotatable bonds is 9. The average Bonchev–Trinajstić information content (AvgIpc) is 2.84. The van der Waals surface area contributed by atoms with Gasteiger partial charge < -0.3 is 0 Å². The summed E-state index contributed by atoms with van der Waals surface area (Å²) in [6.07, 6.45) is 2.64. The van der Waals surface area contributed by atoms with Crippen molar-refractivity contribution in [1.82, 2.24) is 0 Å². The molecule has 0 amide bonds. The standard InChI is InChI=1S/C30H26O2/c31-29(21-25-7-3-1-4-8-25)27-17-13-23(14-18-27)11-12-24-15-19-28(20-16-24)30(32)22-26-9-5-2-6-10-26/h1-10,13-20H,11-12,21-22H2. The number of ketones is 2. The van der Waals surface area contributed by atoms with Crippen LogP contribution in [0.15, 0.2) is 109 Å². The van der Waals surface area contributed by atoms with Gasteiger partial charge in [-0.15, -0.1) is 0 Å². The van der Waals surface area contributed by atoms with Gasteiger partial charge >= 0.3 is 0 Å². The number of hydrogen-bond acceptors (Lipinski definition) is 2. The highest BCUT2D eigenvalue weighted by molar-refractivity contribution is 5.98. The summed E-state index contributed by atoms with van der Waals surface area (Å²) in [5.74, 6) is 0.275. The van der Waals surface area contributed by atoms with Crippen molar-refractivity contribution in [3.05, 3.63) is 143 Å². The molecule has 0 radical (unpaired) electrons. The van der Waals surface area contributed by atoms with Crippen molar-refractivity contribution in [3.8, 4) is 0 Å². The van der Waals surface area contributed by atoms with Crippen LogP contribution in [0, 0.1) is 0 Å². The average molecular weight is 419 g/mol. The summed E-state index contributed by atoms with van der Waals surface area (Å²) < 4.78 is 0. The lowest BCUT2D eigenvalue weighted by atomic mass is 9.98. The first kappa shape index (κ1) is 21.5. The van der Waals surface area contributed by atoms with E-state index in [-0.39, 0.29) is 11.6 Å². The molecular formula is C30H26O2. The molecule has 2 heteroatoms. The van der Waals surface area contributed by atoms with Gasteiger partial charge in [-0.25, -0.2) is 0 Å². The van der Waals surface area contributed by atoms with E-state index < -0.39 is 0 Å². The van der Waals surface area contributed by atoms with Gasteiger partial charge in [0, 0.05) is 24.0 Å². The molecule has 0 aliphatic heterocycles. The second-order valence-corrected chi connectivity index (χ2v) is 8.06. The summed E-state index contributed by atoms with van der Waals surface area (Å²) in [5, 5.41) is 0. The number of aryl methyl sites for hydroxylation is 2. The second kappa shape index (κ2) is 10.5. The molecule has 0 heterocycles. The van der Waals surface area contributed by atoms with Gasteiger partial charge in [0.05, 0.1) is 0 Å². The third-order valence-corrected chi connectivity index (χ3v) is 5.67. The van der Waals surface area contributed by atoms with Crippen molar-refractivity contribution in [2.75, 3.05) is 0 Å². The van der Waals surface area contributed by atoms with Crippen molar-refractivity contribution in [2.24, 2.45) is 0 Å². The fourth-order valence-electron chi connectivity index (χ4n) is 3.77. The molecule has 32 heavy (non-hydrogen) atoms. The number of benzene rings is 4. The van der Waals surface area contributed by atoms with Crippen LogP contribution in [0.5, 0.6) is 0 Å². The minimum atomic E-state index is 0.138. The van der Waals surface area contributed by atoms with Crippen LogP contribution in [0.4, 0.5) is 0 Å². The minimum Gasteiger partial charge on any atom is -0.294 e. The Bertz CT molecular complexity index is 1060. The van der Waals surface area contributed by atoms with Crippen molar-refractivity contribution < 1.29 is 9.59 Å². The zero-order valence-electron chi connectivity index (χ0n) is 18.0. The van der Waals surface area contributed by atoms with E-state index in [0.717, 1.165) is 35.1 Å². The number of carbonyl (C=O) groups is 2. The smallest absolute Gasteiger partial charge is 0.167 e. The molecule has 0 aliphatic carbocycles. The zero-order chi connectivity index (χ0) is 22.2. The van der Waals surface area contributed by atoms with Gasteiger partial charge in [0.1, 0.15) is 0 Å². The second-order valence-electron chi connectivity index (χ2n) is 8.06. The molecular weight excluding hydrogens is 392 g/mol.